The molecule has 1 N–H and O–H groups in total. The molecule has 0 aromatic carbocycles. The van der Waals surface area contributed by atoms with Crippen molar-refractivity contribution >= 4 is 27.5 Å². The SMILES string of the molecule is CC1C(=O)NCCN1S(=O)(=O)CCCCl. The van der Waals surface area contributed by atoms with E-state index in [4.69, 9.17) is 11.6 Å². The molecule has 0 aliphatic carbocycles. The minimum Gasteiger partial charge on any atom is -0.353 e. The van der Waals surface area contributed by atoms with Crippen molar-refractivity contribution in [3.05, 3.63) is 0 Å². The Bertz CT molecular complexity index is 331. The number of rotatable bonds is 4. The highest BCUT2D eigenvalue weighted by Gasteiger charge is 2.33. The van der Waals surface area contributed by atoms with Crippen LogP contribution in [0.3, 0.4) is 0 Å². The monoisotopic (exact) mass is 254 g/mol. The molecular formula is C8H15ClN2O3S. The van der Waals surface area contributed by atoms with Gasteiger partial charge in [-0.25, -0.2) is 8.42 Å². The molecule has 1 amide bonds. The van der Waals surface area contributed by atoms with Crippen LogP contribution in [0.15, 0.2) is 0 Å². The maximum Gasteiger partial charge on any atom is 0.238 e. The first-order valence-corrected chi connectivity index (χ1v) is 6.96. The van der Waals surface area contributed by atoms with Crippen LogP contribution in [0.2, 0.25) is 0 Å². The number of nitrogens with zero attached hydrogens (tertiary/aromatic N) is 1. The van der Waals surface area contributed by atoms with Gasteiger partial charge in [0, 0.05) is 19.0 Å². The van der Waals surface area contributed by atoms with Gasteiger partial charge in [0.15, 0.2) is 0 Å². The summed E-state index contributed by atoms with van der Waals surface area (Å²) < 4.78 is 24.8. The number of halogens is 1. The number of nitrogens with one attached hydrogen (secondary N) is 1. The van der Waals surface area contributed by atoms with E-state index in [1.807, 2.05) is 0 Å². The van der Waals surface area contributed by atoms with Crippen LogP contribution in [-0.2, 0) is 14.8 Å². The number of amides is 1. The van der Waals surface area contributed by atoms with E-state index in [0.29, 0.717) is 25.4 Å². The second-order valence-corrected chi connectivity index (χ2v) is 5.86. The van der Waals surface area contributed by atoms with Gasteiger partial charge in [-0.2, -0.15) is 4.31 Å². The fraction of sp³-hybridized carbons (Fsp3) is 0.875. The third kappa shape index (κ3) is 3.06. The number of sulfonamides is 1. The predicted molar refractivity (Wildman–Crippen MR) is 58.3 cm³/mol. The number of carbonyl (C=O) groups is 1. The molecular weight excluding hydrogens is 240 g/mol. The molecule has 5 nitrogen and oxygen atoms in total. The van der Waals surface area contributed by atoms with Crippen molar-refractivity contribution in [2.24, 2.45) is 0 Å². The molecule has 1 fully saturated rings. The third-order valence-electron chi connectivity index (χ3n) is 2.34. The van der Waals surface area contributed by atoms with E-state index in [9.17, 15) is 13.2 Å². The van der Waals surface area contributed by atoms with Crippen LogP contribution in [0.5, 0.6) is 0 Å². The summed E-state index contributed by atoms with van der Waals surface area (Å²) in [5, 5.41) is 2.62. The molecule has 1 saturated heterocycles. The van der Waals surface area contributed by atoms with E-state index in [1.54, 1.807) is 6.92 Å². The highest BCUT2D eigenvalue weighted by Crippen LogP contribution is 2.11. The van der Waals surface area contributed by atoms with E-state index in [-0.39, 0.29) is 11.7 Å². The van der Waals surface area contributed by atoms with Gasteiger partial charge in [-0.1, -0.05) is 0 Å². The van der Waals surface area contributed by atoms with E-state index < -0.39 is 16.1 Å². The number of hydrogen-bond acceptors (Lipinski definition) is 3. The molecule has 0 saturated carbocycles. The summed E-state index contributed by atoms with van der Waals surface area (Å²) in [5.74, 6) is 0.0811. The lowest BCUT2D eigenvalue weighted by molar-refractivity contribution is -0.126. The minimum absolute atomic E-state index is 0.00806. The molecule has 15 heavy (non-hydrogen) atoms. The van der Waals surface area contributed by atoms with Crippen LogP contribution in [0, 0.1) is 0 Å². The van der Waals surface area contributed by atoms with E-state index >= 15 is 0 Å². The van der Waals surface area contributed by atoms with Gasteiger partial charge in [-0.05, 0) is 13.3 Å². The van der Waals surface area contributed by atoms with Gasteiger partial charge in [-0.15, -0.1) is 11.6 Å². The van der Waals surface area contributed by atoms with Gasteiger partial charge in [-0.3, -0.25) is 4.79 Å². The molecule has 0 aromatic heterocycles. The van der Waals surface area contributed by atoms with Gasteiger partial charge < -0.3 is 5.32 Å². The average Bonchev–Trinajstić information content (AvgIpc) is 2.19. The van der Waals surface area contributed by atoms with Crippen molar-refractivity contribution < 1.29 is 13.2 Å². The molecule has 7 heteroatoms. The summed E-state index contributed by atoms with van der Waals surface area (Å²) in [7, 11) is -3.34. The van der Waals surface area contributed by atoms with E-state index in [2.05, 4.69) is 5.32 Å². The van der Waals surface area contributed by atoms with Crippen molar-refractivity contribution in [1.29, 1.82) is 0 Å². The summed E-state index contributed by atoms with van der Waals surface area (Å²) in [6.45, 7) is 2.31. The standard InChI is InChI=1S/C8H15ClN2O3S/c1-7-8(12)10-4-5-11(7)15(13,14)6-2-3-9/h7H,2-6H2,1H3,(H,10,12). The van der Waals surface area contributed by atoms with Gasteiger partial charge in [0.25, 0.3) is 0 Å². The van der Waals surface area contributed by atoms with Gasteiger partial charge in [0.05, 0.1) is 5.75 Å². The zero-order valence-corrected chi connectivity index (χ0v) is 10.1. The Hall–Kier alpha value is -0.330. The lowest BCUT2D eigenvalue weighted by atomic mass is 10.2. The van der Waals surface area contributed by atoms with Crippen LogP contribution in [-0.4, -0.2) is 49.4 Å². The Kier molecular flexibility index (Phi) is 4.36. The highest BCUT2D eigenvalue weighted by atomic mass is 35.5. The van der Waals surface area contributed by atoms with Crippen molar-refractivity contribution in [3.8, 4) is 0 Å². The summed E-state index contributed by atoms with van der Waals surface area (Å²) in [6.07, 6.45) is 0.411. The molecule has 1 heterocycles. The van der Waals surface area contributed by atoms with Gasteiger partial charge >= 0.3 is 0 Å². The van der Waals surface area contributed by atoms with Crippen LogP contribution in [0.1, 0.15) is 13.3 Å². The van der Waals surface area contributed by atoms with Crippen molar-refractivity contribution in [2.75, 3.05) is 24.7 Å². The Morgan fingerprint density at radius 3 is 2.87 bits per heavy atom. The number of carbonyl (C=O) groups excluding carboxylic acids is 1. The zero-order valence-electron chi connectivity index (χ0n) is 8.57. The molecule has 1 rings (SSSR count). The highest BCUT2D eigenvalue weighted by molar-refractivity contribution is 7.89. The van der Waals surface area contributed by atoms with Crippen molar-refractivity contribution in [2.45, 2.75) is 19.4 Å². The minimum atomic E-state index is -3.34. The van der Waals surface area contributed by atoms with E-state index in [1.165, 1.54) is 4.31 Å². The maximum atomic E-state index is 11.8. The molecule has 0 bridgehead atoms. The maximum absolute atomic E-state index is 11.8. The first kappa shape index (κ1) is 12.7. The van der Waals surface area contributed by atoms with Gasteiger partial charge in [0.2, 0.25) is 15.9 Å². The number of piperazine rings is 1. The molecule has 1 aliphatic heterocycles. The average molecular weight is 255 g/mol. The second kappa shape index (κ2) is 5.14. The number of alkyl halides is 1. The smallest absolute Gasteiger partial charge is 0.238 e. The Morgan fingerprint density at radius 2 is 2.27 bits per heavy atom. The van der Waals surface area contributed by atoms with Crippen LogP contribution in [0.25, 0.3) is 0 Å². The zero-order chi connectivity index (χ0) is 11.5. The molecule has 0 radical (unpaired) electrons. The number of hydrogen-bond donors (Lipinski definition) is 1. The predicted octanol–water partition coefficient (Wildman–Crippen LogP) is -0.235. The first-order chi connectivity index (χ1) is 6.99. The van der Waals surface area contributed by atoms with Crippen molar-refractivity contribution in [3.63, 3.8) is 0 Å². The van der Waals surface area contributed by atoms with Crippen LogP contribution in [0.4, 0.5) is 0 Å². The fourth-order valence-corrected chi connectivity index (χ4v) is 3.48. The Labute approximate surface area is 94.8 Å². The van der Waals surface area contributed by atoms with Crippen LogP contribution >= 0.6 is 11.6 Å². The Balaban J connectivity index is 2.72. The molecule has 1 aliphatic rings. The van der Waals surface area contributed by atoms with Crippen molar-refractivity contribution in [1.82, 2.24) is 9.62 Å². The summed E-state index contributed by atoms with van der Waals surface area (Å²) in [4.78, 5) is 11.3. The summed E-state index contributed by atoms with van der Waals surface area (Å²) in [6, 6.07) is -0.612. The molecule has 0 aromatic rings. The molecule has 1 atom stereocenters. The fourth-order valence-electron chi connectivity index (χ4n) is 1.50. The Morgan fingerprint density at radius 1 is 1.60 bits per heavy atom. The second-order valence-electron chi connectivity index (χ2n) is 3.44. The van der Waals surface area contributed by atoms with E-state index in [0.717, 1.165) is 0 Å². The molecule has 0 spiro atoms. The quantitative estimate of drug-likeness (QED) is 0.705. The normalized spacial score (nSPS) is 23.9. The molecule has 1 unspecified atom stereocenters. The first-order valence-electron chi connectivity index (χ1n) is 4.82. The van der Waals surface area contributed by atoms with Crippen LogP contribution < -0.4 is 5.32 Å². The lowest BCUT2D eigenvalue weighted by Gasteiger charge is -2.31. The largest absolute Gasteiger partial charge is 0.353 e. The molecule has 88 valence electrons. The van der Waals surface area contributed by atoms with Gasteiger partial charge in [0.1, 0.15) is 6.04 Å². The lowest BCUT2D eigenvalue weighted by Crippen LogP contribution is -2.56. The summed E-state index contributed by atoms with van der Waals surface area (Å²) >= 11 is 5.45. The topological polar surface area (TPSA) is 66.5 Å². The summed E-state index contributed by atoms with van der Waals surface area (Å²) in [5.41, 5.74) is 0. The third-order valence-corrected chi connectivity index (χ3v) is 4.62.